The molecule has 0 spiro atoms. The number of nitrogens with zero attached hydrogens (tertiary/aromatic N) is 3. The lowest BCUT2D eigenvalue weighted by Gasteiger charge is -2.24. The monoisotopic (exact) mass is 473 g/mol. The van der Waals surface area contributed by atoms with Gasteiger partial charge in [0.05, 0.1) is 37.7 Å². The van der Waals surface area contributed by atoms with E-state index in [-0.39, 0.29) is 6.61 Å². The molecule has 2 aromatic heterocycles. The van der Waals surface area contributed by atoms with Crippen molar-refractivity contribution in [2.75, 3.05) is 19.8 Å². The van der Waals surface area contributed by atoms with E-state index in [1.807, 2.05) is 79.8 Å². The van der Waals surface area contributed by atoms with Gasteiger partial charge in [-0.25, -0.2) is 4.68 Å². The van der Waals surface area contributed by atoms with Gasteiger partial charge in [0.25, 0.3) is 0 Å². The first-order valence-electron chi connectivity index (χ1n) is 11.6. The molecule has 35 heavy (non-hydrogen) atoms. The third-order valence-corrected chi connectivity index (χ3v) is 5.45. The van der Waals surface area contributed by atoms with E-state index < -0.39 is 6.10 Å². The lowest BCUT2D eigenvalue weighted by atomic mass is 10.1. The summed E-state index contributed by atoms with van der Waals surface area (Å²) >= 11 is 0. The summed E-state index contributed by atoms with van der Waals surface area (Å²) in [6.07, 6.45) is 2.64. The van der Waals surface area contributed by atoms with Crippen LogP contribution in [-0.4, -0.2) is 45.6 Å². The number of hydrogen-bond acceptors (Lipinski definition) is 6. The average molecular weight is 474 g/mol. The standard InChI is InChI=1S/C28H31N3O4/c1-3-16-33-21-23(32)18-31(19-25-15-10-17-34-25)20-26-27(22-11-6-4-7-12-22)29-30(2)28(26)35-24-13-8-5-9-14-24/h3-15,17,23,32H,1,16,18-21H2,2H3/t23-/m0/s1. The van der Waals surface area contributed by atoms with E-state index in [2.05, 4.69) is 11.5 Å². The zero-order valence-corrected chi connectivity index (χ0v) is 19.9. The van der Waals surface area contributed by atoms with Gasteiger partial charge in [-0.2, -0.15) is 5.10 Å². The molecule has 0 saturated heterocycles. The van der Waals surface area contributed by atoms with Crippen LogP contribution in [0, 0.1) is 0 Å². The number of ether oxygens (including phenoxy) is 2. The number of aliphatic hydroxyl groups excluding tert-OH is 1. The van der Waals surface area contributed by atoms with Crippen molar-refractivity contribution in [1.29, 1.82) is 0 Å². The minimum Gasteiger partial charge on any atom is -0.468 e. The summed E-state index contributed by atoms with van der Waals surface area (Å²) in [5, 5.41) is 15.5. The Hall–Kier alpha value is -3.65. The normalized spacial score (nSPS) is 12.1. The Morgan fingerprint density at radius 1 is 1.06 bits per heavy atom. The van der Waals surface area contributed by atoms with E-state index in [0.29, 0.717) is 32.1 Å². The van der Waals surface area contributed by atoms with Crippen LogP contribution in [0.25, 0.3) is 11.3 Å². The van der Waals surface area contributed by atoms with Crippen LogP contribution in [0.2, 0.25) is 0 Å². The number of aliphatic hydroxyl groups is 1. The maximum absolute atomic E-state index is 10.7. The van der Waals surface area contributed by atoms with E-state index in [0.717, 1.165) is 28.3 Å². The van der Waals surface area contributed by atoms with Gasteiger partial charge < -0.3 is 19.0 Å². The molecule has 0 saturated carbocycles. The Balaban J connectivity index is 1.67. The number of aryl methyl sites for hydroxylation is 1. The summed E-state index contributed by atoms with van der Waals surface area (Å²) in [5.41, 5.74) is 2.75. The molecular weight excluding hydrogens is 442 g/mol. The van der Waals surface area contributed by atoms with Crippen LogP contribution in [0.5, 0.6) is 11.6 Å². The molecule has 4 rings (SSSR count). The Kier molecular flexibility index (Phi) is 8.51. The van der Waals surface area contributed by atoms with Gasteiger partial charge in [0.15, 0.2) is 0 Å². The van der Waals surface area contributed by atoms with Crippen molar-refractivity contribution in [2.24, 2.45) is 7.05 Å². The summed E-state index contributed by atoms with van der Waals surface area (Å²) in [6, 6.07) is 23.5. The molecule has 7 heteroatoms. The maximum atomic E-state index is 10.7. The zero-order valence-electron chi connectivity index (χ0n) is 19.9. The molecule has 2 aromatic carbocycles. The molecule has 0 bridgehead atoms. The molecule has 182 valence electrons. The highest BCUT2D eigenvalue weighted by Gasteiger charge is 2.24. The predicted octanol–water partition coefficient (Wildman–Crippen LogP) is 5.04. The Morgan fingerprint density at radius 3 is 2.49 bits per heavy atom. The number of aromatic nitrogens is 2. The van der Waals surface area contributed by atoms with Gasteiger partial charge >= 0.3 is 0 Å². The van der Waals surface area contributed by atoms with Crippen LogP contribution in [0.1, 0.15) is 11.3 Å². The van der Waals surface area contributed by atoms with Gasteiger partial charge in [0, 0.05) is 25.7 Å². The van der Waals surface area contributed by atoms with Crippen LogP contribution in [0.4, 0.5) is 0 Å². The third kappa shape index (κ3) is 6.70. The molecule has 1 N–H and O–H groups in total. The first-order valence-corrected chi connectivity index (χ1v) is 11.6. The fourth-order valence-corrected chi connectivity index (χ4v) is 3.92. The highest BCUT2D eigenvalue weighted by atomic mass is 16.5. The maximum Gasteiger partial charge on any atom is 0.222 e. The van der Waals surface area contributed by atoms with E-state index in [1.54, 1.807) is 17.0 Å². The Bertz CT molecular complexity index is 1170. The highest BCUT2D eigenvalue weighted by molar-refractivity contribution is 5.65. The fraction of sp³-hybridized carbons (Fsp3) is 0.250. The van der Waals surface area contributed by atoms with Crippen molar-refractivity contribution >= 4 is 0 Å². The lowest BCUT2D eigenvalue weighted by Crippen LogP contribution is -2.34. The SMILES string of the molecule is C=CCOC[C@@H](O)CN(Cc1ccco1)Cc1c(-c2ccccc2)nn(C)c1Oc1ccccc1. The summed E-state index contributed by atoms with van der Waals surface area (Å²) in [5.74, 6) is 2.18. The van der Waals surface area contributed by atoms with Crippen LogP contribution in [-0.2, 0) is 24.9 Å². The number of benzene rings is 2. The van der Waals surface area contributed by atoms with Gasteiger partial charge in [-0.15, -0.1) is 6.58 Å². The summed E-state index contributed by atoms with van der Waals surface area (Å²) < 4.78 is 19.2. The minimum absolute atomic E-state index is 0.215. The van der Waals surface area contributed by atoms with Crippen molar-refractivity contribution in [2.45, 2.75) is 19.2 Å². The van der Waals surface area contributed by atoms with Crippen molar-refractivity contribution in [3.63, 3.8) is 0 Å². The van der Waals surface area contributed by atoms with Crippen LogP contribution in [0.3, 0.4) is 0 Å². The smallest absolute Gasteiger partial charge is 0.222 e. The van der Waals surface area contributed by atoms with Gasteiger partial charge in [-0.3, -0.25) is 4.90 Å². The number of hydrogen-bond donors (Lipinski definition) is 1. The summed E-state index contributed by atoms with van der Waals surface area (Å²) in [7, 11) is 1.88. The molecule has 0 radical (unpaired) electrons. The second-order valence-corrected chi connectivity index (χ2v) is 8.27. The molecule has 4 aromatic rings. The number of rotatable bonds is 13. The van der Waals surface area contributed by atoms with Crippen LogP contribution >= 0.6 is 0 Å². The van der Waals surface area contributed by atoms with Crippen LogP contribution in [0.15, 0.2) is 96.1 Å². The molecule has 0 aliphatic heterocycles. The predicted molar refractivity (Wildman–Crippen MR) is 135 cm³/mol. The molecule has 0 amide bonds. The molecule has 0 fully saturated rings. The average Bonchev–Trinajstić information content (AvgIpc) is 3.49. The largest absolute Gasteiger partial charge is 0.468 e. The second kappa shape index (κ2) is 12.2. The van der Waals surface area contributed by atoms with Crippen molar-refractivity contribution in [3.8, 4) is 22.9 Å². The Morgan fingerprint density at radius 2 is 1.80 bits per heavy atom. The van der Waals surface area contributed by atoms with Gasteiger partial charge in [0.2, 0.25) is 5.88 Å². The molecule has 0 unspecified atom stereocenters. The molecule has 7 nitrogen and oxygen atoms in total. The van der Waals surface area contributed by atoms with Crippen LogP contribution < -0.4 is 4.74 Å². The van der Waals surface area contributed by atoms with Gasteiger partial charge in [0.1, 0.15) is 17.2 Å². The second-order valence-electron chi connectivity index (χ2n) is 8.27. The quantitative estimate of drug-likeness (QED) is 0.217. The van der Waals surface area contributed by atoms with Gasteiger partial charge in [-0.1, -0.05) is 54.6 Å². The Labute approximate surface area is 205 Å². The number of para-hydroxylation sites is 1. The van der Waals surface area contributed by atoms with E-state index in [9.17, 15) is 5.11 Å². The first-order chi connectivity index (χ1) is 17.1. The highest BCUT2D eigenvalue weighted by Crippen LogP contribution is 2.34. The lowest BCUT2D eigenvalue weighted by molar-refractivity contribution is 0.0215. The molecule has 0 aliphatic rings. The summed E-state index contributed by atoms with van der Waals surface area (Å²) in [6.45, 7) is 5.64. The molecular formula is C28H31N3O4. The number of furan rings is 1. The third-order valence-electron chi connectivity index (χ3n) is 5.45. The fourth-order valence-electron chi connectivity index (χ4n) is 3.92. The van der Waals surface area contributed by atoms with Crippen molar-refractivity contribution < 1.29 is 19.0 Å². The zero-order chi connectivity index (χ0) is 24.5. The van der Waals surface area contributed by atoms with Gasteiger partial charge in [-0.05, 0) is 24.3 Å². The van der Waals surface area contributed by atoms with Crippen molar-refractivity contribution in [3.05, 3.63) is 103 Å². The topological polar surface area (TPSA) is 72.9 Å². The van der Waals surface area contributed by atoms with E-state index in [4.69, 9.17) is 19.0 Å². The summed E-state index contributed by atoms with van der Waals surface area (Å²) in [4.78, 5) is 2.11. The molecule has 2 heterocycles. The first kappa shape index (κ1) is 24.5. The van der Waals surface area contributed by atoms with E-state index in [1.165, 1.54) is 0 Å². The molecule has 1 atom stereocenters. The molecule has 0 aliphatic carbocycles. The minimum atomic E-state index is -0.680. The van der Waals surface area contributed by atoms with Crippen molar-refractivity contribution in [1.82, 2.24) is 14.7 Å². The van der Waals surface area contributed by atoms with E-state index >= 15 is 0 Å².